The van der Waals surface area contributed by atoms with Crippen LogP contribution in [0.25, 0.3) is 23.0 Å². The fourth-order valence-corrected chi connectivity index (χ4v) is 5.41. The number of hydrogen-bond acceptors (Lipinski definition) is 6. The molecule has 3 aromatic rings. The van der Waals surface area contributed by atoms with Crippen LogP contribution in [0.3, 0.4) is 0 Å². The fraction of sp³-hybridized carbons (Fsp3) is 0.296. The Hall–Kier alpha value is -3.30. The molecule has 0 N–H and O–H groups in total. The van der Waals surface area contributed by atoms with E-state index in [2.05, 4.69) is 13.8 Å². The van der Waals surface area contributed by atoms with Crippen molar-refractivity contribution < 1.29 is 9.72 Å². The van der Waals surface area contributed by atoms with Gasteiger partial charge in [-0.3, -0.25) is 19.8 Å². The number of hydrogen-bond donors (Lipinski definition) is 0. The van der Waals surface area contributed by atoms with E-state index in [9.17, 15) is 14.9 Å². The summed E-state index contributed by atoms with van der Waals surface area (Å²) < 4.78 is 2.33. The summed E-state index contributed by atoms with van der Waals surface area (Å²) in [6, 6.07) is 15.9. The summed E-state index contributed by atoms with van der Waals surface area (Å²) in [7, 11) is 0. The minimum absolute atomic E-state index is 0.0113. The molecular formula is C27H28N4O3S2. The molecule has 1 aliphatic rings. The second kappa shape index (κ2) is 11.6. The number of nitro groups is 1. The third-order valence-electron chi connectivity index (χ3n) is 6.26. The topological polar surface area (TPSA) is 81.3 Å². The van der Waals surface area contributed by atoms with E-state index < -0.39 is 4.92 Å². The minimum Gasteiger partial charge on any atom is -0.293 e. The van der Waals surface area contributed by atoms with Crippen molar-refractivity contribution in [1.82, 2.24) is 14.7 Å². The van der Waals surface area contributed by atoms with Gasteiger partial charge >= 0.3 is 0 Å². The molecular weight excluding hydrogens is 492 g/mol. The predicted octanol–water partition coefficient (Wildman–Crippen LogP) is 6.87. The van der Waals surface area contributed by atoms with Gasteiger partial charge in [0.15, 0.2) is 0 Å². The lowest BCUT2D eigenvalue weighted by Gasteiger charge is -2.21. The Bertz CT molecular complexity index is 1290. The Morgan fingerprint density at radius 2 is 1.86 bits per heavy atom. The van der Waals surface area contributed by atoms with Crippen molar-refractivity contribution in [2.24, 2.45) is 5.92 Å². The Labute approximate surface area is 220 Å². The lowest BCUT2D eigenvalue weighted by molar-refractivity contribution is -0.384. The second-order valence-corrected chi connectivity index (χ2v) is 10.4. The van der Waals surface area contributed by atoms with E-state index in [1.807, 2.05) is 42.6 Å². The van der Waals surface area contributed by atoms with Crippen molar-refractivity contribution in [3.63, 3.8) is 0 Å². The molecule has 0 radical (unpaired) electrons. The van der Waals surface area contributed by atoms with Gasteiger partial charge in [0.05, 0.1) is 21.2 Å². The van der Waals surface area contributed by atoms with Crippen molar-refractivity contribution >= 4 is 46.0 Å². The van der Waals surface area contributed by atoms with Crippen LogP contribution in [-0.4, -0.2) is 36.4 Å². The highest BCUT2D eigenvalue weighted by atomic mass is 32.2. The Balaban J connectivity index is 1.69. The maximum Gasteiger partial charge on any atom is 0.269 e. The number of carbonyl (C=O) groups is 1. The van der Waals surface area contributed by atoms with Crippen LogP contribution < -0.4 is 0 Å². The van der Waals surface area contributed by atoms with Crippen molar-refractivity contribution in [2.45, 2.75) is 39.5 Å². The zero-order valence-corrected chi connectivity index (χ0v) is 21.9. The van der Waals surface area contributed by atoms with Crippen molar-refractivity contribution in [2.75, 3.05) is 6.54 Å². The lowest BCUT2D eigenvalue weighted by atomic mass is 9.99. The Morgan fingerprint density at radius 1 is 1.14 bits per heavy atom. The third-order valence-corrected chi connectivity index (χ3v) is 7.64. The standard InChI is InChI=1S/C27H28N4O3S2/c1-3-5-9-19(4-2)17-29-26(32)24(36-27(29)35)16-21-18-30(22-10-7-6-8-11-22)28-25(21)20-12-14-23(15-13-20)31(33)34/h6-8,10-16,18-19H,3-5,9,17H2,1-2H3. The quantitative estimate of drug-likeness (QED) is 0.126. The second-order valence-electron chi connectivity index (χ2n) is 8.73. The number of thiocarbonyl (C=S) groups is 1. The number of thioether (sulfide) groups is 1. The molecule has 2 heterocycles. The first-order valence-corrected chi connectivity index (χ1v) is 13.3. The predicted molar refractivity (Wildman–Crippen MR) is 149 cm³/mol. The molecule has 9 heteroatoms. The minimum atomic E-state index is -0.428. The first-order chi connectivity index (χ1) is 17.4. The molecule has 186 valence electrons. The smallest absolute Gasteiger partial charge is 0.269 e. The van der Waals surface area contributed by atoms with Gasteiger partial charge in [0.25, 0.3) is 11.6 Å². The van der Waals surface area contributed by atoms with Gasteiger partial charge in [-0.1, -0.05) is 75.3 Å². The SMILES string of the molecule is CCCCC(CC)CN1C(=O)C(=Cc2cn(-c3ccccc3)nc2-c2ccc([N+](=O)[O-])cc2)SC1=S. The van der Waals surface area contributed by atoms with Gasteiger partial charge in [-0.2, -0.15) is 5.10 Å². The summed E-state index contributed by atoms with van der Waals surface area (Å²) in [5.74, 6) is 0.338. The normalized spacial score (nSPS) is 15.6. The molecule has 1 saturated heterocycles. The molecule has 4 rings (SSSR count). The lowest BCUT2D eigenvalue weighted by Crippen LogP contribution is -2.33. The number of benzene rings is 2. The maximum atomic E-state index is 13.3. The number of nitrogens with zero attached hydrogens (tertiary/aromatic N) is 4. The largest absolute Gasteiger partial charge is 0.293 e. The molecule has 36 heavy (non-hydrogen) atoms. The average molecular weight is 521 g/mol. The average Bonchev–Trinajstić information content (AvgIpc) is 3.43. The first-order valence-electron chi connectivity index (χ1n) is 12.1. The van der Waals surface area contributed by atoms with Crippen LogP contribution in [0.4, 0.5) is 5.69 Å². The number of rotatable bonds is 10. The highest BCUT2D eigenvalue weighted by molar-refractivity contribution is 8.26. The molecule has 1 aromatic heterocycles. The number of amides is 1. The fourth-order valence-electron chi connectivity index (χ4n) is 4.15. The zero-order valence-electron chi connectivity index (χ0n) is 20.3. The Kier molecular flexibility index (Phi) is 8.32. The first kappa shape index (κ1) is 25.8. The van der Waals surface area contributed by atoms with Gasteiger partial charge in [0.2, 0.25) is 0 Å². The van der Waals surface area contributed by atoms with E-state index in [1.165, 1.54) is 23.9 Å². The van der Waals surface area contributed by atoms with Gasteiger partial charge < -0.3 is 0 Å². The van der Waals surface area contributed by atoms with Crippen molar-refractivity contribution in [3.05, 3.63) is 81.4 Å². The number of carbonyl (C=O) groups excluding carboxylic acids is 1. The van der Waals surface area contributed by atoms with Gasteiger partial charge in [-0.25, -0.2) is 4.68 Å². The summed E-state index contributed by atoms with van der Waals surface area (Å²) in [4.78, 5) is 26.3. The molecule has 7 nitrogen and oxygen atoms in total. The summed E-state index contributed by atoms with van der Waals surface area (Å²) in [5, 5.41) is 15.9. The van der Waals surface area contributed by atoms with Crippen LogP contribution in [0, 0.1) is 16.0 Å². The number of aromatic nitrogens is 2. The number of nitro benzene ring substituents is 1. The number of para-hydroxylation sites is 1. The molecule has 2 aromatic carbocycles. The third kappa shape index (κ3) is 5.74. The molecule has 1 aliphatic heterocycles. The molecule has 1 atom stereocenters. The summed E-state index contributed by atoms with van der Waals surface area (Å²) in [5.41, 5.74) is 2.98. The van der Waals surface area contributed by atoms with Gasteiger partial charge in [0, 0.05) is 36.0 Å². The monoisotopic (exact) mass is 520 g/mol. The van der Waals surface area contributed by atoms with E-state index in [0.29, 0.717) is 27.4 Å². The molecule has 1 amide bonds. The highest BCUT2D eigenvalue weighted by Crippen LogP contribution is 2.36. The van der Waals surface area contributed by atoms with E-state index in [4.69, 9.17) is 17.3 Å². The number of non-ortho nitro benzene ring substituents is 1. The summed E-state index contributed by atoms with van der Waals surface area (Å²) in [6.07, 6.45) is 8.05. The molecule has 1 fully saturated rings. The van der Waals surface area contributed by atoms with Crippen LogP contribution in [0.1, 0.15) is 45.1 Å². The van der Waals surface area contributed by atoms with Crippen LogP contribution >= 0.6 is 24.0 Å². The van der Waals surface area contributed by atoms with E-state index in [0.717, 1.165) is 42.5 Å². The molecule has 0 aliphatic carbocycles. The Morgan fingerprint density at radius 3 is 2.50 bits per heavy atom. The van der Waals surface area contributed by atoms with Crippen LogP contribution in [0.2, 0.25) is 0 Å². The molecule has 1 unspecified atom stereocenters. The zero-order chi connectivity index (χ0) is 25.7. The van der Waals surface area contributed by atoms with Gasteiger partial charge in [0.1, 0.15) is 4.32 Å². The molecule has 0 spiro atoms. The van der Waals surface area contributed by atoms with Crippen molar-refractivity contribution in [3.8, 4) is 16.9 Å². The summed E-state index contributed by atoms with van der Waals surface area (Å²) >= 11 is 6.89. The van der Waals surface area contributed by atoms with E-state index in [-0.39, 0.29) is 11.6 Å². The van der Waals surface area contributed by atoms with Crippen molar-refractivity contribution in [1.29, 1.82) is 0 Å². The summed E-state index contributed by atoms with van der Waals surface area (Å²) in [6.45, 7) is 4.96. The van der Waals surface area contributed by atoms with Gasteiger partial charge in [-0.05, 0) is 42.7 Å². The highest BCUT2D eigenvalue weighted by Gasteiger charge is 2.33. The molecule has 0 saturated carbocycles. The van der Waals surface area contributed by atoms with Crippen LogP contribution in [-0.2, 0) is 4.79 Å². The van der Waals surface area contributed by atoms with Crippen LogP contribution in [0.5, 0.6) is 0 Å². The van der Waals surface area contributed by atoms with Gasteiger partial charge in [-0.15, -0.1) is 0 Å². The number of unbranched alkanes of at least 4 members (excludes halogenated alkanes) is 1. The van der Waals surface area contributed by atoms with E-state index in [1.54, 1.807) is 21.7 Å². The molecule has 0 bridgehead atoms. The maximum absolute atomic E-state index is 13.3. The van der Waals surface area contributed by atoms with Crippen LogP contribution in [0.15, 0.2) is 65.7 Å². The van der Waals surface area contributed by atoms with E-state index >= 15 is 0 Å².